The van der Waals surface area contributed by atoms with E-state index in [1.54, 1.807) is 0 Å². The molecule has 0 radical (unpaired) electrons. The van der Waals surface area contributed by atoms with Gasteiger partial charge in [0.15, 0.2) is 7.28 Å². The van der Waals surface area contributed by atoms with Crippen molar-refractivity contribution in [3.8, 4) is 44.8 Å². The molecule has 236 valence electrons. The van der Waals surface area contributed by atoms with E-state index in [4.69, 9.17) is 0 Å². The Balaban J connectivity index is 1.17. The van der Waals surface area contributed by atoms with Gasteiger partial charge in [0.05, 0.1) is 16.6 Å². The van der Waals surface area contributed by atoms with Crippen molar-refractivity contribution in [3.63, 3.8) is 0 Å². The van der Waals surface area contributed by atoms with Crippen LogP contribution in [0.25, 0.3) is 88.4 Å². The van der Waals surface area contributed by atoms with E-state index in [0.717, 1.165) is 7.28 Å². The van der Waals surface area contributed by atoms with Gasteiger partial charge in [-0.3, -0.25) is 0 Å². The minimum absolute atomic E-state index is 0.916. The number of rotatable bonds is 4. The second-order valence-electron chi connectivity index (χ2n) is 13.7. The van der Waals surface area contributed by atoms with Gasteiger partial charge in [-0.25, -0.2) is 0 Å². The molecule has 51 heavy (non-hydrogen) atoms. The minimum Gasteiger partial charge on any atom is -0.310 e. The Hall–Kier alpha value is -6.58. The fourth-order valence-corrected chi connectivity index (χ4v) is 8.72. The Labute approximate surface area is 296 Å². The summed E-state index contributed by atoms with van der Waals surface area (Å²) in [5, 5.41) is 5.12. The Morgan fingerprint density at radius 3 is 1.71 bits per heavy atom. The molecule has 3 heterocycles. The SMILES string of the molecule is B1c2ccccc2-c2c(-c3ccc4c(c3)c3ccccc3n4-c3ccc(-c4ccccc4)cc3)cc3c4ccccc4n(-c4ccccc4)c3c21. The highest BCUT2D eigenvalue weighted by Crippen LogP contribution is 2.42. The van der Waals surface area contributed by atoms with Crippen LogP contribution in [0.3, 0.4) is 0 Å². The molecule has 8 aromatic carbocycles. The van der Waals surface area contributed by atoms with E-state index >= 15 is 0 Å². The number of aromatic nitrogens is 2. The highest BCUT2D eigenvalue weighted by molar-refractivity contribution is 6.76. The van der Waals surface area contributed by atoms with Crippen molar-refractivity contribution in [2.24, 2.45) is 0 Å². The van der Waals surface area contributed by atoms with E-state index in [0.29, 0.717) is 0 Å². The molecule has 0 fully saturated rings. The van der Waals surface area contributed by atoms with Crippen LogP contribution in [0.15, 0.2) is 182 Å². The number of nitrogens with zero attached hydrogens (tertiary/aromatic N) is 2. The second kappa shape index (κ2) is 11.0. The summed E-state index contributed by atoms with van der Waals surface area (Å²) in [6.07, 6.45) is 0. The van der Waals surface area contributed by atoms with Gasteiger partial charge in [0.1, 0.15) is 0 Å². The van der Waals surface area contributed by atoms with Gasteiger partial charge in [-0.1, -0.05) is 133 Å². The van der Waals surface area contributed by atoms with Gasteiger partial charge in [0.25, 0.3) is 0 Å². The quantitative estimate of drug-likeness (QED) is 0.169. The van der Waals surface area contributed by atoms with Crippen molar-refractivity contribution >= 4 is 61.8 Å². The normalized spacial score (nSPS) is 12.1. The summed E-state index contributed by atoms with van der Waals surface area (Å²) >= 11 is 0. The first-order valence-corrected chi connectivity index (χ1v) is 17.7. The largest absolute Gasteiger partial charge is 0.310 e. The van der Waals surface area contributed by atoms with Gasteiger partial charge in [-0.2, -0.15) is 0 Å². The monoisotopic (exact) mass is 646 g/mol. The Bertz CT molecular complexity index is 2970. The van der Waals surface area contributed by atoms with Gasteiger partial charge in [0, 0.05) is 38.4 Å². The predicted molar refractivity (Wildman–Crippen MR) is 218 cm³/mol. The lowest BCUT2D eigenvalue weighted by Crippen LogP contribution is -2.23. The molecule has 2 nitrogen and oxygen atoms in total. The molecular weight excluding hydrogens is 615 g/mol. The van der Waals surface area contributed by atoms with Crippen LogP contribution in [0.1, 0.15) is 0 Å². The molecule has 0 atom stereocenters. The molecule has 0 bridgehead atoms. The number of hydrogen-bond donors (Lipinski definition) is 0. The molecule has 0 saturated heterocycles. The second-order valence-corrected chi connectivity index (χ2v) is 13.7. The molecule has 10 aromatic rings. The van der Waals surface area contributed by atoms with Crippen LogP contribution in [-0.4, -0.2) is 16.4 Å². The van der Waals surface area contributed by atoms with Crippen molar-refractivity contribution in [2.45, 2.75) is 0 Å². The molecule has 0 aliphatic carbocycles. The van der Waals surface area contributed by atoms with Crippen LogP contribution in [0.2, 0.25) is 0 Å². The molecule has 0 N–H and O–H groups in total. The summed E-state index contributed by atoms with van der Waals surface area (Å²) < 4.78 is 4.90. The highest BCUT2D eigenvalue weighted by atomic mass is 15.0. The molecule has 0 saturated carbocycles. The van der Waals surface area contributed by atoms with Crippen molar-refractivity contribution in [3.05, 3.63) is 182 Å². The minimum atomic E-state index is 0.916. The number of fused-ring (bicyclic) bond motifs is 10. The zero-order chi connectivity index (χ0) is 33.5. The number of hydrogen-bond acceptors (Lipinski definition) is 0. The van der Waals surface area contributed by atoms with Gasteiger partial charge < -0.3 is 9.13 Å². The van der Waals surface area contributed by atoms with E-state index in [9.17, 15) is 0 Å². The molecule has 1 aliphatic rings. The maximum atomic E-state index is 2.49. The van der Waals surface area contributed by atoms with Gasteiger partial charge >= 0.3 is 0 Å². The Morgan fingerprint density at radius 1 is 0.353 bits per heavy atom. The molecule has 0 unspecified atom stereocenters. The van der Waals surface area contributed by atoms with Crippen LogP contribution in [-0.2, 0) is 0 Å². The van der Waals surface area contributed by atoms with Crippen molar-refractivity contribution in [1.82, 2.24) is 9.13 Å². The van der Waals surface area contributed by atoms with Gasteiger partial charge in [0.2, 0.25) is 0 Å². The van der Waals surface area contributed by atoms with Crippen LogP contribution < -0.4 is 10.9 Å². The van der Waals surface area contributed by atoms with Crippen LogP contribution >= 0.6 is 0 Å². The average molecular weight is 647 g/mol. The molecule has 0 spiro atoms. The zero-order valence-electron chi connectivity index (χ0n) is 27.9. The van der Waals surface area contributed by atoms with Crippen molar-refractivity contribution in [2.75, 3.05) is 0 Å². The van der Waals surface area contributed by atoms with E-state index < -0.39 is 0 Å². The fraction of sp³-hybridized carbons (Fsp3) is 0. The Morgan fingerprint density at radius 2 is 0.922 bits per heavy atom. The maximum Gasteiger partial charge on any atom is 0.196 e. The highest BCUT2D eigenvalue weighted by Gasteiger charge is 2.29. The summed E-state index contributed by atoms with van der Waals surface area (Å²) in [7, 11) is 0.916. The predicted octanol–water partition coefficient (Wildman–Crippen LogP) is 10.6. The first kappa shape index (κ1) is 28.3. The lowest BCUT2D eigenvalue weighted by Gasteiger charge is -2.16. The smallest absolute Gasteiger partial charge is 0.196 e. The van der Waals surface area contributed by atoms with E-state index in [1.807, 2.05) is 0 Å². The van der Waals surface area contributed by atoms with Crippen LogP contribution in [0.5, 0.6) is 0 Å². The van der Waals surface area contributed by atoms with Crippen molar-refractivity contribution < 1.29 is 0 Å². The van der Waals surface area contributed by atoms with E-state index in [1.165, 1.54) is 99.3 Å². The summed E-state index contributed by atoms with van der Waals surface area (Å²) in [6, 6.07) is 66.7. The van der Waals surface area contributed by atoms with Gasteiger partial charge in [-0.15, -0.1) is 0 Å². The third kappa shape index (κ3) is 4.19. The molecule has 11 rings (SSSR count). The standard InChI is InChI=1S/C48H31BN2/c1-3-13-31(14-4-1)32-23-26-35(27-24-32)50-43-21-11-8-17-36(43)40-29-33(25-28-45(40)50)39-30-41-37-18-9-12-22-44(37)51(34-15-5-2-6-16-34)48(41)47-46(39)38-19-7-10-20-42(38)49-47/h1-30,49H. The van der Waals surface area contributed by atoms with Gasteiger partial charge in [-0.05, 0) is 93.4 Å². The molecule has 0 amide bonds. The fourth-order valence-electron chi connectivity index (χ4n) is 8.72. The zero-order valence-corrected chi connectivity index (χ0v) is 27.9. The summed E-state index contributed by atoms with van der Waals surface area (Å²) in [6.45, 7) is 0. The third-order valence-corrected chi connectivity index (χ3v) is 10.9. The third-order valence-electron chi connectivity index (χ3n) is 10.9. The molecule has 3 heteroatoms. The number of benzene rings is 8. The average Bonchev–Trinajstić information content (AvgIpc) is 3.86. The first-order valence-electron chi connectivity index (χ1n) is 17.7. The molecule has 2 aromatic heterocycles. The summed E-state index contributed by atoms with van der Waals surface area (Å²) in [5.41, 5.74) is 17.8. The number of para-hydroxylation sites is 3. The van der Waals surface area contributed by atoms with E-state index in [-0.39, 0.29) is 0 Å². The summed E-state index contributed by atoms with van der Waals surface area (Å²) in [4.78, 5) is 0. The maximum absolute atomic E-state index is 2.49. The van der Waals surface area contributed by atoms with E-state index in [2.05, 4.69) is 191 Å². The van der Waals surface area contributed by atoms with Crippen LogP contribution in [0.4, 0.5) is 0 Å². The summed E-state index contributed by atoms with van der Waals surface area (Å²) in [5.74, 6) is 0. The molecule has 1 aliphatic heterocycles. The Kier molecular flexibility index (Phi) is 6.08. The molecular formula is C48H31BN2. The van der Waals surface area contributed by atoms with Crippen LogP contribution in [0, 0.1) is 0 Å². The topological polar surface area (TPSA) is 9.86 Å². The lowest BCUT2D eigenvalue weighted by atomic mass is 9.67. The van der Waals surface area contributed by atoms with Crippen molar-refractivity contribution in [1.29, 1.82) is 0 Å². The first-order chi connectivity index (χ1) is 25.3. The lowest BCUT2D eigenvalue weighted by molar-refractivity contribution is 1.18.